The molecule has 0 fully saturated rings. The minimum atomic E-state index is -0.216. The molecule has 2 rings (SSSR count). The van der Waals surface area contributed by atoms with Gasteiger partial charge in [-0.2, -0.15) is 0 Å². The van der Waals surface area contributed by atoms with E-state index in [0.717, 1.165) is 12.0 Å². The van der Waals surface area contributed by atoms with Crippen LogP contribution in [0.5, 0.6) is 5.75 Å². The number of benzene rings is 2. The van der Waals surface area contributed by atoms with E-state index < -0.39 is 0 Å². The molecule has 0 bridgehead atoms. The van der Waals surface area contributed by atoms with E-state index in [4.69, 9.17) is 0 Å². The quantitative estimate of drug-likeness (QED) is 0.813. The fourth-order valence-electron chi connectivity index (χ4n) is 2.14. The summed E-state index contributed by atoms with van der Waals surface area (Å²) in [7, 11) is 0. The molecule has 2 N–H and O–H groups in total. The smallest absolute Gasteiger partial charge is 0.255 e. The number of anilines is 1. The van der Waals surface area contributed by atoms with Crippen LogP contribution < -0.4 is 5.32 Å². The van der Waals surface area contributed by atoms with Gasteiger partial charge in [-0.05, 0) is 54.7 Å². The van der Waals surface area contributed by atoms with Crippen LogP contribution in [0.15, 0.2) is 42.5 Å². The number of phenols is 1. The highest BCUT2D eigenvalue weighted by Gasteiger charge is 2.10. The largest absolute Gasteiger partial charge is 0.506 e. The number of carbonyl (C=O) groups excluding carboxylic acids is 1. The van der Waals surface area contributed by atoms with Gasteiger partial charge in [0.25, 0.3) is 5.91 Å². The van der Waals surface area contributed by atoms with E-state index in [1.54, 1.807) is 18.2 Å². The third-order valence-corrected chi connectivity index (χ3v) is 3.75. The van der Waals surface area contributed by atoms with E-state index in [1.807, 2.05) is 31.2 Å². The molecule has 0 heterocycles. The molecule has 0 spiro atoms. The van der Waals surface area contributed by atoms with E-state index in [1.165, 1.54) is 5.56 Å². The minimum Gasteiger partial charge on any atom is -0.506 e. The Labute approximate surface area is 125 Å². The lowest BCUT2D eigenvalue weighted by Gasteiger charge is -2.11. The number of hydrogen-bond donors (Lipinski definition) is 2. The highest BCUT2D eigenvalue weighted by atomic mass is 16.3. The molecule has 0 aromatic heterocycles. The summed E-state index contributed by atoms with van der Waals surface area (Å²) < 4.78 is 0. The Kier molecular flexibility index (Phi) is 4.63. The fraction of sp³-hybridized carbons (Fsp3) is 0.278. The summed E-state index contributed by atoms with van der Waals surface area (Å²) in [5.74, 6) is 0.347. The average molecular weight is 283 g/mol. The average Bonchev–Trinajstić information content (AvgIpc) is 2.50. The number of nitrogens with one attached hydrogen (secondary N) is 1. The van der Waals surface area contributed by atoms with Crippen LogP contribution in [0, 0.1) is 6.92 Å². The van der Waals surface area contributed by atoms with Crippen LogP contribution in [0.4, 0.5) is 5.69 Å². The number of aromatic hydroxyl groups is 1. The predicted octanol–water partition coefficient (Wildman–Crippen LogP) is 4.47. The highest BCUT2D eigenvalue weighted by molar-refractivity contribution is 6.05. The molecule has 0 saturated heterocycles. The van der Waals surface area contributed by atoms with Crippen LogP contribution in [-0.4, -0.2) is 11.0 Å². The summed E-state index contributed by atoms with van der Waals surface area (Å²) in [6.45, 7) is 6.22. The second-order valence-electron chi connectivity index (χ2n) is 5.41. The van der Waals surface area contributed by atoms with Crippen LogP contribution >= 0.6 is 0 Å². The van der Waals surface area contributed by atoms with Gasteiger partial charge in [-0.15, -0.1) is 0 Å². The van der Waals surface area contributed by atoms with Crippen LogP contribution in [0.2, 0.25) is 0 Å². The van der Waals surface area contributed by atoms with Crippen molar-refractivity contribution >= 4 is 11.6 Å². The SMILES string of the molecule is CCC(C)c1ccc(C(=O)Nc2cc(C)ccc2O)cc1. The number of hydrogen-bond acceptors (Lipinski definition) is 2. The van der Waals surface area contributed by atoms with Crippen molar-refractivity contribution < 1.29 is 9.90 Å². The molecule has 1 atom stereocenters. The van der Waals surface area contributed by atoms with E-state index >= 15 is 0 Å². The van der Waals surface area contributed by atoms with E-state index in [-0.39, 0.29) is 11.7 Å². The van der Waals surface area contributed by atoms with Crippen molar-refractivity contribution in [3.8, 4) is 5.75 Å². The normalized spacial score (nSPS) is 12.0. The lowest BCUT2D eigenvalue weighted by atomic mass is 9.97. The second-order valence-corrected chi connectivity index (χ2v) is 5.41. The zero-order valence-corrected chi connectivity index (χ0v) is 12.7. The van der Waals surface area contributed by atoms with Gasteiger partial charge >= 0.3 is 0 Å². The molecule has 1 unspecified atom stereocenters. The van der Waals surface area contributed by atoms with Crippen LogP contribution in [0.1, 0.15) is 47.7 Å². The molecule has 3 nitrogen and oxygen atoms in total. The maximum atomic E-state index is 12.2. The van der Waals surface area contributed by atoms with E-state index in [2.05, 4.69) is 19.2 Å². The number of amides is 1. The summed E-state index contributed by atoms with van der Waals surface area (Å²) in [6, 6.07) is 12.7. The first-order valence-corrected chi connectivity index (χ1v) is 7.22. The van der Waals surface area contributed by atoms with Gasteiger partial charge in [-0.25, -0.2) is 0 Å². The van der Waals surface area contributed by atoms with Crippen LogP contribution in [0.3, 0.4) is 0 Å². The summed E-state index contributed by atoms with van der Waals surface area (Å²) in [5.41, 5.74) is 3.23. The number of carbonyl (C=O) groups is 1. The Hall–Kier alpha value is -2.29. The predicted molar refractivity (Wildman–Crippen MR) is 85.9 cm³/mol. The van der Waals surface area contributed by atoms with Crippen molar-refractivity contribution in [1.29, 1.82) is 0 Å². The van der Waals surface area contributed by atoms with Gasteiger partial charge in [0.15, 0.2) is 0 Å². The summed E-state index contributed by atoms with van der Waals surface area (Å²) >= 11 is 0. The number of rotatable bonds is 4. The first-order valence-electron chi connectivity index (χ1n) is 7.22. The maximum Gasteiger partial charge on any atom is 0.255 e. The van der Waals surface area contributed by atoms with Crippen molar-refractivity contribution in [1.82, 2.24) is 0 Å². The molecule has 0 aliphatic heterocycles. The Morgan fingerprint density at radius 2 is 1.86 bits per heavy atom. The van der Waals surface area contributed by atoms with Crippen molar-refractivity contribution in [2.24, 2.45) is 0 Å². The zero-order valence-electron chi connectivity index (χ0n) is 12.7. The molecule has 0 aliphatic carbocycles. The molecule has 2 aromatic carbocycles. The van der Waals surface area contributed by atoms with Gasteiger partial charge in [-0.1, -0.05) is 32.0 Å². The van der Waals surface area contributed by atoms with Crippen LogP contribution in [0.25, 0.3) is 0 Å². The first kappa shape index (κ1) is 15.1. The fourth-order valence-corrected chi connectivity index (χ4v) is 2.14. The van der Waals surface area contributed by atoms with Gasteiger partial charge in [0.1, 0.15) is 5.75 Å². The Bertz CT molecular complexity index is 632. The monoisotopic (exact) mass is 283 g/mol. The molecule has 2 aromatic rings. The van der Waals surface area contributed by atoms with Crippen molar-refractivity contribution in [3.63, 3.8) is 0 Å². The lowest BCUT2D eigenvalue weighted by molar-refractivity contribution is 0.102. The topological polar surface area (TPSA) is 49.3 Å². The molecule has 1 amide bonds. The Morgan fingerprint density at radius 1 is 1.19 bits per heavy atom. The van der Waals surface area contributed by atoms with Crippen molar-refractivity contribution in [2.45, 2.75) is 33.1 Å². The van der Waals surface area contributed by atoms with Crippen LogP contribution in [-0.2, 0) is 0 Å². The Morgan fingerprint density at radius 3 is 2.48 bits per heavy atom. The van der Waals surface area contributed by atoms with Gasteiger partial charge in [0.2, 0.25) is 0 Å². The summed E-state index contributed by atoms with van der Waals surface area (Å²) in [6.07, 6.45) is 1.07. The maximum absolute atomic E-state index is 12.2. The zero-order chi connectivity index (χ0) is 15.4. The molecule has 0 aliphatic rings. The molecular weight excluding hydrogens is 262 g/mol. The van der Waals surface area contributed by atoms with Gasteiger partial charge in [0.05, 0.1) is 5.69 Å². The van der Waals surface area contributed by atoms with E-state index in [9.17, 15) is 9.90 Å². The number of phenolic OH excluding ortho intramolecular Hbond substituents is 1. The van der Waals surface area contributed by atoms with E-state index in [0.29, 0.717) is 17.2 Å². The molecule has 0 saturated carbocycles. The first-order chi connectivity index (χ1) is 10.0. The third kappa shape index (κ3) is 3.63. The lowest BCUT2D eigenvalue weighted by Crippen LogP contribution is -2.12. The Balaban J connectivity index is 2.15. The van der Waals surface area contributed by atoms with Gasteiger partial charge < -0.3 is 10.4 Å². The molecule has 3 heteroatoms. The summed E-state index contributed by atoms with van der Waals surface area (Å²) in [5, 5.41) is 12.5. The second kappa shape index (κ2) is 6.44. The molecule has 110 valence electrons. The standard InChI is InChI=1S/C18H21NO2/c1-4-13(3)14-6-8-15(9-7-14)18(21)19-16-11-12(2)5-10-17(16)20/h5-11,13,20H,4H2,1-3H3,(H,19,21). The number of aryl methyl sites for hydroxylation is 1. The van der Waals surface area contributed by atoms with Gasteiger partial charge in [0, 0.05) is 5.56 Å². The van der Waals surface area contributed by atoms with Crippen molar-refractivity contribution in [3.05, 3.63) is 59.2 Å². The highest BCUT2D eigenvalue weighted by Crippen LogP contribution is 2.25. The van der Waals surface area contributed by atoms with Gasteiger partial charge in [-0.3, -0.25) is 4.79 Å². The molecule has 21 heavy (non-hydrogen) atoms. The summed E-state index contributed by atoms with van der Waals surface area (Å²) in [4.78, 5) is 12.2. The minimum absolute atomic E-state index is 0.0742. The molecular formula is C18H21NO2. The third-order valence-electron chi connectivity index (χ3n) is 3.75. The molecule has 0 radical (unpaired) electrons. The van der Waals surface area contributed by atoms with Crippen molar-refractivity contribution in [2.75, 3.05) is 5.32 Å².